The van der Waals surface area contributed by atoms with Crippen LogP contribution in [0.2, 0.25) is 0 Å². The number of esters is 2. The van der Waals surface area contributed by atoms with Crippen LogP contribution in [-0.2, 0) is 39.7 Å². The zero-order chi connectivity index (χ0) is 58.3. The predicted molar refractivity (Wildman–Crippen MR) is 322 cm³/mol. The average molecular weight is 1110 g/mol. The number of unbranched alkanes of at least 4 members (excludes halogenated alkanes) is 13. The first-order valence-electron chi connectivity index (χ1n) is 32.5. The van der Waals surface area contributed by atoms with Crippen molar-refractivity contribution in [3.8, 4) is 11.5 Å². The number of nitrogens with zero attached hydrogens (tertiary/aromatic N) is 1. The number of ether oxygens (including phenoxy) is 7. The fourth-order valence-electron chi connectivity index (χ4n) is 11.1. The fourth-order valence-corrected chi connectivity index (χ4v) is 11.1. The summed E-state index contributed by atoms with van der Waals surface area (Å²) in [5.74, 6) is 2.48. The van der Waals surface area contributed by atoms with E-state index in [1.54, 1.807) is 0 Å². The molecule has 12 heteroatoms. The molecule has 79 heavy (non-hydrogen) atoms. The van der Waals surface area contributed by atoms with Crippen molar-refractivity contribution in [1.29, 1.82) is 0 Å². The van der Waals surface area contributed by atoms with Crippen LogP contribution in [0.25, 0.3) is 0 Å². The summed E-state index contributed by atoms with van der Waals surface area (Å²) in [7, 11) is 0. The molecule has 0 spiro atoms. The molecule has 1 aromatic rings. The summed E-state index contributed by atoms with van der Waals surface area (Å²) in [6, 6.07) is 0. The van der Waals surface area contributed by atoms with Gasteiger partial charge in [0.2, 0.25) is 0 Å². The Bertz CT molecular complexity index is 1780. The van der Waals surface area contributed by atoms with E-state index in [4.69, 9.17) is 33.2 Å². The largest absolute Gasteiger partial charge is 0.513 e. The highest BCUT2D eigenvalue weighted by Crippen LogP contribution is 2.45. The summed E-state index contributed by atoms with van der Waals surface area (Å²) in [5, 5.41) is 0. The van der Waals surface area contributed by atoms with Gasteiger partial charge in [-0.15, -0.1) is 0 Å². The van der Waals surface area contributed by atoms with Gasteiger partial charge in [0.25, 0.3) is 0 Å². The van der Waals surface area contributed by atoms with Crippen molar-refractivity contribution in [3.63, 3.8) is 0 Å². The Kier molecular flexibility index (Phi) is 39.1. The van der Waals surface area contributed by atoms with Crippen LogP contribution >= 0.6 is 0 Å². The monoisotopic (exact) mass is 1110 g/mol. The SMILES string of the molecule is CCCCCCCCC(CCCCCCCC)OC(=O)CCCCCCC(=O)OCC(COC(=O)OCCCN(CC)CC)COC(=O)Oc1c(C)c(C)c2c(c1C)CC[C@@](C)(CCC[C@H](C)CCC[C@H](C)CCCC(C)C)O2. The quantitative estimate of drug-likeness (QED) is 0.0266. The number of fused-ring (bicyclic) bond motifs is 1. The summed E-state index contributed by atoms with van der Waals surface area (Å²) in [6.07, 6.45) is 32.0. The maximum Gasteiger partial charge on any atom is 0.513 e. The molecule has 0 aromatic heterocycles. The highest BCUT2D eigenvalue weighted by molar-refractivity contribution is 5.70. The van der Waals surface area contributed by atoms with Crippen molar-refractivity contribution in [2.75, 3.05) is 46.1 Å². The third-order valence-corrected chi connectivity index (χ3v) is 16.7. The maximum atomic E-state index is 13.4. The first-order valence-corrected chi connectivity index (χ1v) is 32.5. The Hall–Kier alpha value is -3.54. The summed E-state index contributed by atoms with van der Waals surface area (Å²) in [5.41, 5.74) is 3.40. The van der Waals surface area contributed by atoms with Crippen LogP contribution in [0.4, 0.5) is 9.59 Å². The number of rotatable bonds is 47. The van der Waals surface area contributed by atoms with Crippen LogP contribution in [0, 0.1) is 44.4 Å². The van der Waals surface area contributed by atoms with Crippen molar-refractivity contribution >= 4 is 24.2 Å². The van der Waals surface area contributed by atoms with E-state index >= 15 is 0 Å². The van der Waals surface area contributed by atoms with Crippen LogP contribution in [-0.4, -0.2) is 86.9 Å². The van der Waals surface area contributed by atoms with Gasteiger partial charge < -0.3 is 38.1 Å². The summed E-state index contributed by atoms with van der Waals surface area (Å²) in [6.45, 7) is 28.6. The van der Waals surface area contributed by atoms with Crippen LogP contribution < -0.4 is 9.47 Å². The molecule has 2 rings (SSSR count). The Morgan fingerprint density at radius 1 is 0.544 bits per heavy atom. The molecule has 0 radical (unpaired) electrons. The van der Waals surface area contributed by atoms with Crippen LogP contribution in [0.3, 0.4) is 0 Å². The van der Waals surface area contributed by atoms with E-state index in [2.05, 4.69) is 67.2 Å². The van der Waals surface area contributed by atoms with Gasteiger partial charge in [-0.1, -0.05) is 177 Å². The van der Waals surface area contributed by atoms with Gasteiger partial charge in [0, 0.05) is 24.9 Å². The Morgan fingerprint density at radius 2 is 1.06 bits per heavy atom. The Morgan fingerprint density at radius 3 is 1.65 bits per heavy atom. The lowest BCUT2D eigenvalue weighted by atomic mass is 9.83. The van der Waals surface area contributed by atoms with E-state index in [0.29, 0.717) is 37.4 Å². The molecule has 0 bridgehead atoms. The van der Waals surface area contributed by atoms with Crippen molar-refractivity contribution < 1.29 is 52.3 Å². The van der Waals surface area contributed by atoms with Gasteiger partial charge in [0.15, 0.2) is 0 Å². The summed E-state index contributed by atoms with van der Waals surface area (Å²) in [4.78, 5) is 54.2. The second-order valence-corrected chi connectivity index (χ2v) is 24.6. The Labute approximate surface area is 483 Å². The lowest BCUT2D eigenvalue weighted by Crippen LogP contribution is -2.37. The van der Waals surface area contributed by atoms with Crippen molar-refractivity contribution in [2.24, 2.45) is 23.7 Å². The van der Waals surface area contributed by atoms with Crippen molar-refractivity contribution in [3.05, 3.63) is 22.3 Å². The second kappa shape index (κ2) is 43.2. The molecule has 1 aliphatic rings. The van der Waals surface area contributed by atoms with E-state index < -0.39 is 24.2 Å². The smallest absolute Gasteiger partial charge is 0.487 e. The zero-order valence-electron chi connectivity index (χ0n) is 52.9. The van der Waals surface area contributed by atoms with Gasteiger partial charge in [-0.2, -0.15) is 0 Å². The maximum absolute atomic E-state index is 13.4. The minimum absolute atomic E-state index is 0.00457. The standard InChI is InChI=1S/C67H119NO11/c1-13-17-19-21-23-27-40-59(41-28-24-22-20-18-14-2)77-62(70)43-30-26-25-29-42-61(69)74-49-58(50-75-65(71)73-48-34-47-68(15-3)16-4)51-76-66(72)78-63-55(9)56(10)64-60(57(63)11)44-46-67(12,79-64)45-33-39-54(8)38-32-37-53(7)36-31-35-52(5)6/h52-54,58-59H,13-51H2,1-12H3/t53-,54-,58?,67-/m1/s1. The minimum atomic E-state index is -0.896. The first kappa shape index (κ1) is 71.6. The molecule has 0 saturated carbocycles. The van der Waals surface area contributed by atoms with E-state index in [1.165, 1.54) is 109 Å². The highest BCUT2D eigenvalue weighted by atomic mass is 16.7. The molecule has 12 nitrogen and oxygen atoms in total. The molecule has 0 aliphatic carbocycles. The van der Waals surface area contributed by atoms with Crippen LogP contribution in [0.5, 0.6) is 11.5 Å². The molecule has 0 fully saturated rings. The van der Waals surface area contributed by atoms with Gasteiger partial charge in [-0.05, 0) is 146 Å². The van der Waals surface area contributed by atoms with Gasteiger partial charge in [0.05, 0.1) is 12.5 Å². The lowest BCUT2D eigenvalue weighted by molar-refractivity contribution is -0.150. The van der Waals surface area contributed by atoms with Gasteiger partial charge in [-0.25, -0.2) is 9.59 Å². The molecule has 1 heterocycles. The van der Waals surface area contributed by atoms with Crippen LogP contribution in [0.1, 0.15) is 284 Å². The van der Waals surface area contributed by atoms with E-state index in [0.717, 1.165) is 124 Å². The first-order chi connectivity index (χ1) is 37.9. The molecule has 0 saturated heterocycles. The highest BCUT2D eigenvalue weighted by Gasteiger charge is 2.35. The molecule has 0 N–H and O–H groups in total. The van der Waals surface area contributed by atoms with Gasteiger partial charge in [-0.3, -0.25) is 9.59 Å². The number of benzene rings is 1. The summed E-state index contributed by atoms with van der Waals surface area (Å²) >= 11 is 0. The molecule has 0 amide bonds. The lowest BCUT2D eigenvalue weighted by Gasteiger charge is -2.38. The van der Waals surface area contributed by atoms with Crippen LogP contribution in [0.15, 0.2) is 0 Å². The molecule has 1 unspecified atom stereocenters. The van der Waals surface area contributed by atoms with E-state index in [1.807, 2.05) is 20.8 Å². The fraction of sp³-hybridized carbons (Fsp3) is 0.851. The van der Waals surface area contributed by atoms with E-state index in [9.17, 15) is 19.2 Å². The van der Waals surface area contributed by atoms with Gasteiger partial charge >= 0.3 is 24.2 Å². The van der Waals surface area contributed by atoms with Gasteiger partial charge in [0.1, 0.15) is 43.0 Å². The molecular formula is C67H119NO11. The third-order valence-electron chi connectivity index (χ3n) is 16.7. The molecule has 1 aliphatic heterocycles. The molecule has 458 valence electrons. The third kappa shape index (κ3) is 32.6. The molecule has 4 atom stereocenters. The normalized spacial score (nSPS) is 15.4. The van der Waals surface area contributed by atoms with E-state index in [-0.39, 0.29) is 50.5 Å². The molecule has 1 aromatic carbocycles. The number of carbonyl (C=O) groups is 4. The second-order valence-electron chi connectivity index (χ2n) is 24.6. The Balaban J connectivity index is 1.92. The zero-order valence-corrected chi connectivity index (χ0v) is 52.9. The summed E-state index contributed by atoms with van der Waals surface area (Å²) < 4.78 is 40.9. The topological polar surface area (TPSA) is 136 Å². The minimum Gasteiger partial charge on any atom is -0.487 e. The molecular weight excluding hydrogens is 995 g/mol. The average Bonchev–Trinajstić information content (AvgIpc) is 3.42. The number of hydrogen-bond acceptors (Lipinski definition) is 12. The predicted octanol–water partition coefficient (Wildman–Crippen LogP) is 18.4. The van der Waals surface area contributed by atoms with Crippen molar-refractivity contribution in [1.82, 2.24) is 4.90 Å². The number of hydrogen-bond donors (Lipinski definition) is 0. The van der Waals surface area contributed by atoms with Crippen molar-refractivity contribution in [2.45, 2.75) is 300 Å². The number of carbonyl (C=O) groups excluding carboxylic acids is 4.